The molecule has 2 fully saturated rings. The lowest BCUT2D eigenvalue weighted by molar-refractivity contribution is 0.0188. The van der Waals surface area contributed by atoms with Gasteiger partial charge < -0.3 is 45.7 Å². The Morgan fingerprint density at radius 3 is 1.63 bits per heavy atom. The van der Waals surface area contributed by atoms with Crippen molar-refractivity contribution >= 4 is 41.0 Å². The highest BCUT2D eigenvalue weighted by Crippen LogP contribution is 2.23. The predicted octanol–water partition coefficient (Wildman–Crippen LogP) is 4.25. The van der Waals surface area contributed by atoms with Crippen molar-refractivity contribution in [2.75, 3.05) is 74.8 Å². The summed E-state index contributed by atoms with van der Waals surface area (Å²) in [7, 11) is 2.88. The summed E-state index contributed by atoms with van der Waals surface area (Å²) < 4.78 is 15.6. The van der Waals surface area contributed by atoms with Crippen molar-refractivity contribution in [3.8, 4) is 23.9 Å². The van der Waals surface area contributed by atoms with Gasteiger partial charge in [-0.2, -0.15) is 20.5 Å². The molecule has 20 nitrogen and oxygen atoms in total. The summed E-state index contributed by atoms with van der Waals surface area (Å²) in [5.74, 6) is 4.78. The lowest BCUT2D eigenvalue weighted by Crippen LogP contribution is -2.42. The second-order valence-electron chi connectivity index (χ2n) is 14.1. The molecule has 1 amide bonds. The summed E-state index contributed by atoms with van der Waals surface area (Å²) in [5, 5.41) is 34.1. The number of ether oxygens (including phenoxy) is 3. The number of carbonyl (C=O) groups excluding carboxylic acids is 1. The van der Waals surface area contributed by atoms with Crippen molar-refractivity contribution in [3.05, 3.63) is 48.6 Å². The molecule has 0 spiro atoms. The standard InChI is InChI=1S/C21H28N8O3.C16H20N8O/c1-21(2,3)32-20(30)29-7-5-14(6-8-29)11-24-16-9-17(26-13-25-16)27-18-12-23-15(10-22)19(28-18)31-4;1-25-16-12(7-17)19-9-15(24-16)23-14-6-13(21-10-22-14)20-8-11-2-4-18-5-3-11/h9,12-14H,5-8,11H2,1-4H3,(H2,24,25,26,27,28);6,9-11,18H,2-5,8H2,1H3,(H2,20,21,22,23,24). The summed E-state index contributed by atoms with van der Waals surface area (Å²) in [4.78, 5) is 47.3. The Labute approximate surface area is 331 Å². The first-order valence-corrected chi connectivity index (χ1v) is 18.5. The van der Waals surface area contributed by atoms with Crippen LogP contribution in [0.1, 0.15) is 57.8 Å². The maximum absolute atomic E-state index is 12.2. The van der Waals surface area contributed by atoms with Crippen molar-refractivity contribution in [1.82, 2.24) is 50.1 Å². The lowest BCUT2D eigenvalue weighted by atomic mass is 9.97. The molecule has 20 heteroatoms. The number of piperidine rings is 2. The zero-order chi connectivity index (χ0) is 40.6. The third kappa shape index (κ3) is 13.0. The van der Waals surface area contributed by atoms with Gasteiger partial charge in [0.1, 0.15) is 53.7 Å². The second kappa shape index (κ2) is 20.3. The normalized spacial score (nSPS) is 14.5. The number of amides is 1. The van der Waals surface area contributed by atoms with Gasteiger partial charge in [-0.15, -0.1) is 0 Å². The van der Waals surface area contributed by atoms with Crippen molar-refractivity contribution in [2.24, 2.45) is 11.8 Å². The molecule has 0 aromatic carbocycles. The molecule has 4 aromatic rings. The van der Waals surface area contributed by atoms with E-state index in [0.29, 0.717) is 54.0 Å². The zero-order valence-electron chi connectivity index (χ0n) is 32.7. The van der Waals surface area contributed by atoms with Gasteiger partial charge in [0.25, 0.3) is 11.8 Å². The van der Waals surface area contributed by atoms with E-state index in [0.717, 1.165) is 44.8 Å². The third-order valence-corrected chi connectivity index (χ3v) is 8.79. The van der Waals surface area contributed by atoms with E-state index in [4.69, 9.17) is 24.7 Å². The number of nitrogens with one attached hydrogen (secondary N) is 5. The topological polar surface area (TPSA) is 259 Å². The number of likely N-dealkylation sites (tertiary alicyclic amines) is 1. The molecular weight excluding hydrogens is 733 g/mol. The number of anilines is 6. The highest BCUT2D eigenvalue weighted by atomic mass is 16.6. The second-order valence-corrected chi connectivity index (χ2v) is 14.1. The predicted molar refractivity (Wildman–Crippen MR) is 210 cm³/mol. The maximum Gasteiger partial charge on any atom is 0.410 e. The summed E-state index contributed by atoms with van der Waals surface area (Å²) >= 11 is 0. The molecule has 6 rings (SSSR count). The van der Waals surface area contributed by atoms with Gasteiger partial charge in [0.2, 0.25) is 11.4 Å². The number of hydrogen-bond acceptors (Lipinski definition) is 19. The van der Waals surface area contributed by atoms with Gasteiger partial charge >= 0.3 is 6.09 Å². The van der Waals surface area contributed by atoms with E-state index in [1.165, 1.54) is 52.1 Å². The van der Waals surface area contributed by atoms with Crippen molar-refractivity contribution in [1.29, 1.82) is 10.5 Å². The van der Waals surface area contributed by atoms with Crippen LogP contribution in [0, 0.1) is 34.5 Å². The minimum atomic E-state index is -0.483. The molecule has 4 aromatic heterocycles. The molecule has 0 atom stereocenters. The molecular formula is C37H48N16O4. The smallest absolute Gasteiger partial charge is 0.410 e. The van der Waals surface area contributed by atoms with E-state index in [9.17, 15) is 4.79 Å². The number of hydrogen-bond donors (Lipinski definition) is 5. The highest BCUT2D eigenvalue weighted by Gasteiger charge is 2.27. The highest BCUT2D eigenvalue weighted by molar-refractivity contribution is 5.68. The Hall–Kier alpha value is -6.67. The fraction of sp³-hybridized carbons (Fsp3) is 0.486. The molecule has 6 heterocycles. The molecule has 0 bridgehead atoms. The van der Waals surface area contributed by atoms with Crippen LogP contribution in [0.5, 0.6) is 11.8 Å². The third-order valence-electron chi connectivity index (χ3n) is 8.79. The van der Waals surface area contributed by atoms with Gasteiger partial charge in [-0.05, 0) is 71.4 Å². The van der Waals surface area contributed by atoms with E-state index in [-0.39, 0.29) is 29.2 Å². The minimum absolute atomic E-state index is 0.112. The molecule has 5 N–H and O–H groups in total. The van der Waals surface area contributed by atoms with Crippen LogP contribution in [-0.4, -0.2) is 110 Å². The number of aromatic nitrogens is 8. The first-order valence-electron chi connectivity index (χ1n) is 18.5. The van der Waals surface area contributed by atoms with Crippen molar-refractivity contribution < 1.29 is 19.0 Å². The van der Waals surface area contributed by atoms with Gasteiger partial charge in [0.05, 0.1) is 26.6 Å². The fourth-order valence-electron chi connectivity index (χ4n) is 5.84. The van der Waals surface area contributed by atoms with E-state index >= 15 is 0 Å². The van der Waals surface area contributed by atoms with Gasteiger partial charge in [-0.25, -0.2) is 34.7 Å². The summed E-state index contributed by atoms with van der Waals surface area (Å²) in [6.45, 7) is 10.7. The first kappa shape index (κ1) is 41.5. The van der Waals surface area contributed by atoms with Crippen molar-refractivity contribution in [3.63, 3.8) is 0 Å². The van der Waals surface area contributed by atoms with Crippen LogP contribution in [0.15, 0.2) is 37.2 Å². The Balaban J connectivity index is 0.000000224. The molecule has 300 valence electrons. The van der Waals surface area contributed by atoms with E-state index in [2.05, 4.69) is 66.5 Å². The van der Waals surface area contributed by atoms with Gasteiger partial charge in [0.15, 0.2) is 11.6 Å². The first-order chi connectivity index (χ1) is 27.5. The molecule has 2 saturated heterocycles. The zero-order valence-corrected chi connectivity index (χ0v) is 32.7. The van der Waals surface area contributed by atoms with Crippen LogP contribution in [0.25, 0.3) is 0 Å². The number of nitrogens with zero attached hydrogens (tertiary/aromatic N) is 11. The van der Waals surface area contributed by atoms with Crippen LogP contribution in [0.3, 0.4) is 0 Å². The quantitative estimate of drug-likeness (QED) is 0.135. The summed E-state index contributed by atoms with van der Waals surface area (Å²) in [6.07, 6.45) is 9.71. The summed E-state index contributed by atoms with van der Waals surface area (Å²) in [6, 6.07) is 7.43. The van der Waals surface area contributed by atoms with E-state index in [1.807, 2.05) is 39.0 Å². The van der Waals surface area contributed by atoms with Gasteiger partial charge in [0, 0.05) is 38.3 Å². The Morgan fingerprint density at radius 1 is 0.737 bits per heavy atom. The monoisotopic (exact) mass is 780 g/mol. The number of nitriles is 2. The number of carbonyl (C=O) groups is 1. The Kier molecular flexibility index (Phi) is 14.8. The average Bonchev–Trinajstić information content (AvgIpc) is 3.22. The number of methoxy groups -OCH3 is 2. The maximum atomic E-state index is 12.2. The Bertz CT molecular complexity index is 2020. The van der Waals surface area contributed by atoms with Crippen LogP contribution in [-0.2, 0) is 4.74 Å². The largest absolute Gasteiger partial charge is 0.479 e. The van der Waals surface area contributed by atoms with E-state index < -0.39 is 5.60 Å². The average molecular weight is 781 g/mol. The SMILES string of the molecule is COc1nc(Nc2cc(NCC3CCN(C(=O)OC(C)(C)C)CC3)ncn2)cnc1C#N.COc1nc(Nc2cc(NCC3CCNCC3)ncn2)cnc1C#N. The van der Waals surface area contributed by atoms with Crippen LogP contribution in [0.4, 0.5) is 39.7 Å². The molecule has 0 aliphatic carbocycles. The van der Waals surface area contributed by atoms with Crippen LogP contribution >= 0.6 is 0 Å². The number of rotatable bonds is 12. The van der Waals surface area contributed by atoms with Gasteiger partial charge in [-0.3, -0.25) is 0 Å². The molecule has 2 aliphatic rings. The van der Waals surface area contributed by atoms with Crippen LogP contribution in [0.2, 0.25) is 0 Å². The van der Waals surface area contributed by atoms with E-state index in [1.54, 1.807) is 11.0 Å². The minimum Gasteiger partial charge on any atom is -0.479 e. The van der Waals surface area contributed by atoms with Crippen molar-refractivity contribution in [2.45, 2.75) is 52.1 Å². The molecule has 0 unspecified atom stereocenters. The Morgan fingerprint density at radius 2 is 1.19 bits per heavy atom. The molecule has 0 saturated carbocycles. The van der Waals surface area contributed by atoms with Gasteiger partial charge in [-0.1, -0.05) is 0 Å². The summed E-state index contributed by atoms with van der Waals surface area (Å²) in [5.41, 5.74) is -0.233. The molecule has 0 radical (unpaired) electrons. The molecule has 2 aliphatic heterocycles. The molecule has 57 heavy (non-hydrogen) atoms. The van der Waals surface area contributed by atoms with Crippen LogP contribution < -0.4 is 36.1 Å². The lowest BCUT2D eigenvalue weighted by Gasteiger charge is -2.33. The fourth-order valence-corrected chi connectivity index (χ4v) is 5.84.